The SMILES string of the molecule is COc1ccc(C(=O)N2CCn3nc(CCC(=O)NCCO)cc3C2)o1. The van der Waals surface area contributed by atoms with E-state index in [1.54, 1.807) is 17.0 Å². The Bertz CT molecular complexity index is 782. The van der Waals surface area contributed by atoms with Crippen LogP contribution in [0, 0.1) is 0 Å². The average molecular weight is 362 g/mol. The number of carbonyl (C=O) groups is 2. The molecule has 3 rings (SSSR count). The number of nitrogens with one attached hydrogen (secondary N) is 1. The Morgan fingerprint density at radius 3 is 2.96 bits per heavy atom. The quantitative estimate of drug-likeness (QED) is 0.727. The van der Waals surface area contributed by atoms with Crippen LogP contribution < -0.4 is 10.1 Å². The predicted octanol–water partition coefficient (Wildman–Crippen LogP) is 0.182. The van der Waals surface area contributed by atoms with Crippen LogP contribution in [0.5, 0.6) is 5.95 Å². The highest BCUT2D eigenvalue weighted by Gasteiger charge is 2.25. The molecule has 0 unspecified atom stereocenters. The minimum absolute atomic E-state index is 0.0735. The fraction of sp³-hybridized carbons (Fsp3) is 0.471. The van der Waals surface area contributed by atoms with Crippen molar-refractivity contribution in [2.24, 2.45) is 0 Å². The van der Waals surface area contributed by atoms with E-state index in [9.17, 15) is 9.59 Å². The van der Waals surface area contributed by atoms with E-state index in [-0.39, 0.29) is 30.7 Å². The molecule has 1 aliphatic rings. The van der Waals surface area contributed by atoms with Crippen LogP contribution in [0.15, 0.2) is 22.6 Å². The summed E-state index contributed by atoms with van der Waals surface area (Å²) in [5.74, 6) is 0.243. The van der Waals surface area contributed by atoms with Gasteiger partial charge in [-0.3, -0.25) is 14.3 Å². The Labute approximate surface area is 150 Å². The maximum Gasteiger partial charge on any atom is 0.290 e. The third kappa shape index (κ3) is 4.05. The predicted molar refractivity (Wildman–Crippen MR) is 90.6 cm³/mol. The molecule has 140 valence electrons. The van der Waals surface area contributed by atoms with Crippen molar-refractivity contribution in [3.63, 3.8) is 0 Å². The van der Waals surface area contributed by atoms with Gasteiger partial charge in [0.05, 0.1) is 38.2 Å². The van der Waals surface area contributed by atoms with Gasteiger partial charge in [0.2, 0.25) is 5.91 Å². The van der Waals surface area contributed by atoms with E-state index >= 15 is 0 Å². The molecule has 0 saturated heterocycles. The molecule has 26 heavy (non-hydrogen) atoms. The molecule has 0 bridgehead atoms. The van der Waals surface area contributed by atoms with E-state index in [2.05, 4.69) is 10.4 Å². The van der Waals surface area contributed by atoms with Crippen LogP contribution in [0.2, 0.25) is 0 Å². The number of hydrogen-bond acceptors (Lipinski definition) is 6. The van der Waals surface area contributed by atoms with Crippen LogP contribution in [0.4, 0.5) is 0 Å². The summed E-state index contributed by atoms with van der Waals surface area (Å²) in [6.45, 7) is 1.75. The summed E-state index contributed by atoms with van der Waals surface area (Å²) < 4.78 is 12.2. The van der Waals surface area contributed by atoms with E-state index in [0.717, 1.165) is 11.4 Å². The fourth-order valence-corrected chi connectivity index (χ4v) is 2.85. The van der Waals surface area contributed by atoms with Gasteiger partial charge in [-0.25, -0.2) is 0 Å². The van der Waals surface area contributed by atoms with Crippen LogP contribution >= 0.6 is 0 Å². The zero-order valence-corrected chi connectivity index (χ0v) is 14.6. The number of amides is 2. The largest absolute Gasteiger partial charge is 0.468 e. The number of aromatic nitrogens is 2. The van der Waals surface area contributed by atoms with E-state index in [4.69, 9.17) is 14.3 Å². The number of fused-ring (bicyclic) bond motifs is 1. The average Bonchev–Trinajstić information content (AvgIpc) is 3.29. The van der Waals surface area contributed by atoms with Crippen LogP contribution in [0.1, 0.15) is 28.4 Å². The Kier molecular flexibility index (Phi) is 5.57. The summed E-state index contributed by atoms with van der Waals surface area (Å²) in [6.07, 6.45) is 0.825. The maximum atomic E-state index is 12.5. The Hall–Kier alpha value is -2.81. The van der Waals surface area contributed by atoms with Gasteiger partial charge in [-0.05, 0) is 12.1 Å². The molecule has 0 aromatic carbocycles. The molecule has 2 aromatic rings. The van der Waals surface area contributed by atoms with E-state index < -0.39 is 0 Å². The summed E-state index contributed by atoms with van der Waals surface area (Å²) in [5, 5.41) is 15.8. The minimum atomic E-state index is -0.189. The van der Waals surface area contributed by atoms with Crippen molar-refractivity contribution in [3.8, 4) is 5.95 Å². The zero-order valence-electron chi connectivity index (χ0n) is 14.6. The molecule has 9 nitrogen and oxygen atoms in total. The molecular formula is C17H22N4O5. The topological polar surface area (TPSA) is 110 Å². The van der Waals surface area contributed by atoms with Gasteiger partial charge in [0.25, 0.3) is 11.9 Å². The number of aliphatic hydroxyl groups excluding tert-OH is 1. The monoisotopic (exact) mass is 362 g/mol. The Balaban J connectivity index is 1.59. The molecule has 1 aliphatic heterocycles. The lowest BCUT2D eigenvalue weighted by atomic mass is 10.2. The number of carbonyl (C=O) groups excluding carboxylic acids is 2. The van der Waals surface area contributed by atoms with E-state index in [1.165, 1.54) is 7.11 Å². The molecule has 2 aromatic heterocycles. The zero-order chi connectivity index (χ0) is 18.5. The molecule has 9 heteroatoms. The third-order valence-corrected chi connectivity index (χ3v) is 4.17. The lowest BCUT2D eigenvalue weighted by Gasteiger charge is -2.26. The number of ether oxygens (including phenoxy) is 1. The lowest BCUT2D eigenvalue weighted by Crippen LogP contribution is -2.38. The first kappa shape index (κ1) is 18.0. The summed E-state index contributed by atoms with van der Waals surface area (Å²) in [4.78, 5) is 25.8. The Morgan fingerprint density at radius 2 is 2.23 bits per heavy atom. The number of hydrogen-bond donors (Lipinski definition) is 2. The smallest absolute Gasteiger partial charge is 0.290 e. The summed E-state index contributed by atoms with van der Waals surface area (Å²) in [7, 11) is 1.48. The van der Waals surface area contributed by atoms with Crippen molar-refractivity contribution < 1.29 is 23.8 Å². The molecule has 2 amide bonds. The normalized spacial score (nSPS) is 13.4. The van der Waals surface area contributed by atoms with Gasteiger partial charge in [-0.15, -0.1) is 0 Å². The standard InChI is InChI=1S/C17H22N4O5/c1-25-16-5-3-14(26-16)17(24)20-7-8-21-13(11-20)10-12(19-21)2-4-15(23)18-6-9-22/h3,5,10,22H,2,4,6-9,11H2,1H3,(H,18,23). The van der Waals surface area contributed by atoms with Crippen molar-refractivity contribution in [2.45, 2.75) is 25.9 Å². The number of aryl methyl sites for hydroxylation is 1. The van der Waals surface area contributed by atoms with Crippen LogP contribution in [-0.4, -0.2) is 58.4 Å². The highest BCUT2D eigenvalue weighted by Crippen LogP contribution is 2.20. The van der Waals surface area contributed by atoms with Gasteiger partial charge in [-0.1, -0.05) is 0 Å². The Morgan fingerprint density at radius 1 is 1.38 bits per heavy atom. The molecule has 0 radical (unpaired) electrons. The second-order valence-electron chi connectivity index (χ2n) is 5.97. The molecular weight excluding hydrogens is 340 g/mol. The van der Waals surface area contributed by atoms with Crippen LogP contribution in [0.3, 0.4) is 0 Å². The third-order valence-electron chi connectivity index (χ3n) is 4.17. The summed E-state index contributed by atoms with van der Waals surface area (Å²) in [5.41, 5.74) is 1.74. The fourth-order valence-electron chi connectivity index (χ4n) is 2.85. The molecule has 0 fully saturated rings. The molecule has 0 saturated carbocycles. The molecule has 0 aliphatic carbocycles. The number of aliphatic hydroxyl groups is 1. The highest BCUT2D eigenvalue weighted by molar-refractivity contribution is 5.91. The molecule has 2 N–H and O–H groups in total. The van der Waals surface area contributed by atoms with Gasteiger partial charge in [0, 0.05) is 32.0 Å². The van der Waals surface area contributed by atoms with Crippen LogP contribution in [0.25, 0.3) is 0 Å². The van der Waals surface area contributed by atoms with Crippen molar-refractivity contribution in [2.75, 3.05) is 26.8 Å². The highest BCUT2D eigenvalue weighted by atomic mass is 16.6. The first-order valence-corrected chi connectivity index (χ1v) is 8.47. The van der Waals surface area contributed by atoms with Gasteiger partial charge in [-0.2, -0.15) is 5.10 Å². The van der Waals surface area contributed by atoms with Gasteiger partial charge >= 0.3 is 0 Å². The van der Waals surface area contributed by atoms with E-state index in [0.29, 0.717) is 38.4 Å². The number of rotatable bonds is 7. The molecule has 3 heterocycles. The van der Waals surface area contributed by atoms with Crippen molar-refractivity contribution in [1.82, 2.24) is 20.0 Å². The second-order valence-corrected chi connectivity index (χ2v) is 5.97. The first-order chi connectivity index (χ1) is 12.6. The van der Waals surface area contributed by atoms with Gasteiger partial charge in [0.1, 0.15) is 0 Å². The van der Waals surface area contributed by atoms with Gasteiger partial charge < -0.3 is 24.5 Å². The minimum Gasteiger partial charge on any atom is -0.468 e. The lowest BCUT2D eigenvalue weighted by molar-refractivity contribution is -0.121. The summed E-state index contributed by atoms with van der Waals surface area (Å²) in [6, 6.07) is 5.13. The number of methoxy groups -OCH3 is 1. The maximum absolute atomic E-state index is 12.5. The van der Waals surface area contributed by atoms with Crippen molar-refractivity contribution in [3.05, 3.63) is 35.3 Å². The number of furan rings is 1. The molecule has 0 spiro atoms. The molecule has 0 atom stereocenters. The second kappa shape index (κ2) is 8.05. The summed E-state index contributed by atoms with van der Waals surface area (Å²) >= 11 is 0. The van der Waals surface area contributed by atoms with E-state index in [1.807, 2.05) is 10.7 Å². The van der Waals surface area contributed by atoms with Crippen molar-refractivity contribution >= 4 is 11.8 Å². The van der Waals surface area contributed by atoms with Crippen molar-refractivity contribution in [1.29, 1.82) is 0 Å². The van der Waals surface area contributed by atoms with Gasteiger partial charge in [0.15, 0.2) is 5.76 Å². The first-order valence-electron chi connectivity index (χ1n) is 8.47. The number of nitrogens with zero attached hydrogens (tertiary/aromatic N) is 3. The van der Waals surface area contributed by atoms with Crippen LogP contribution in [-0.2, 0) is 24.3 Å².